The molecule has 146 valence electrons. The summed E-state index contributed by atoms with van der Waals surface area (Å²) in [7, 11) is 0. The maximum atomic E-state index is 5.05. The molecule has 0 unspecified atom stereocenters. The molecular weight excluding hydrogens is 338 g/mol. The van der Waals surface area contributed by atoms with E-state index in [1.807, 2.05) is 0 Å². The number of nitrogens with zero attached hydrogens (tertiary/aromatic N) is 1. The zero-order valence-corrected chi connectivity index (χ0v) is 18.7. The predicted molar refractivity (Wildman–Crippen MR) is 121 cm³/mol. The van der Waals surface area contributed by atoms with Crippen molar-refractivity contribution < 1.29 is 0 Å². The summed E-state index contributed by atoms with van der Waals surface area (Å²) in [5.41, 5.74) is 8.01. The summed E-state index contributed by atoms with van der Waals surface area (Å²) in [5.74, 6) is 0. The molecule has 0 amide bonds. The van der Waals surface area contributed by atoms with Crippen LogP contribution in [0.5, 0.6) is 0 Å². The number of hydrogen-bond acceptors (Lipinski definition) is 1. The smallest absolute Gasteiger partial charge is 0.0783 e. The van der Waals surface area contributed by atoms with Crippen LogP contribution in [0.1, 0.15) is 90.5 Å². The largest absolute Gasteiger partial charge is 0.255 e. The minimum atomic E-state index is 0.186. The highest BCUT2D eigenvalue weighted by Gasteiger charge is 2.45. The lowest BCUT2D eigenvalue weighted by atomic mass is 9.80. The van der Waals surface area contributed by atoms with Crippen molar-refractivity contribution >= 4 is 21.7 Å². The van der Waals surface area contributed by atoms with Gasteiger partial charge in [-0.15, -0.1) is 0 Å². The Morgan fingerprint density at radius 3 is 1.71 bits per heavy atom. The third-order valence-corrected chi connectivity index (χ3v) is 7.61. The third-order valence-electron chi connectivity index (χ3n) is 7.61. The van der Waals surface area contributed by atoms with Crippen molar-refractivity contribution in [2.45, 2.75) is 89.9 Å². The molecular formula is C27H33N. The fraction of sp³-hybridized carbons (Fsp3) is 0.519. The molecule has 1 heterocycles. The minimum Gasteiger partial charge on any atom is -0.255 e. The Kier molecular flexibility index (Phi) is 3.23. The van der Waals surface area contributed by atoms with Crippen molar-refractivity contribution in [2.75, 3.05) is 0 Å². The molecule has 3 aromatic rings. The molecule has 0 spiro atoms. The quantitative estimate of drug-likeness (QED) is 0.378. The van der Waals surface area contributed by atoms with Gasteiger partial charge in [0.15, 0.2) is 0 Å². The van der Waals surface area contributed by atoms with Crippen LogP contribution in [0.3, 0.4) is 0 Å². The molecule has 0 radical (unpaired) electrons. The van der Waals surface area contributed by atoms with Gasteiger partial charge in [0.25, 0.3) is 0 Å². The van der Waals surface area contributed by atoms with Crippen molar-refractivity contribution in [3.63, 3.8) is 0 Å². The number of rotatable bonds is 0. The summed E-state index contributed by atoms with van der Waals surface area (Å²) in [4.78, 5) is 5.05. The van der Waals surface area contributed by atoms with Crippen LogP contribution >= 0.6 is 0 Å². The maximum absolute atomic E-state index is 5.05. The predicted octanol–water partition coefficient (Wildman–Crippen LogP) is 7.31. The van der Waals surface area contributed by atoms with E-state index >= 15 is 0 Å². The summed E-state index contributed by atoms with van der Waals surface area (Å²) in [6.07, 6.45) is 4.55. The number of fused-ring (bicyclic) bond motifs is 7. The Balaban J connectivity index is 1.90. The van der Waals surface area contributed by atoms with E-state index < -0.39 is 0 Å². The zero-order valence-electron chi connectivity index (χ0n) is 18.7. The van der Waals surface area contributed by atoms with E-state index in [0.29, 0.717) is 0 Å². The lowest BCUT2D eigenvalue weighted by molar-refractivity contribution is 0.403. The second kappa shape index (κ2) is 4.99. The summed E-state index contributed by atoms with van der Waals surface area (Å²) in [6.45, 7) is 19.1. The van der Waals surface area contributed by atoms with Gasteiger partial charge in [0.2, 0.25) is 0 Å². The van der Waals surface area contributed by atoms with Crippen molar-refractivity contribution in [1.29, 1.82) is 0 Å². The topological polar surface area (TPSA) is 12.9 Å². The van der Waals surface area contributed by atoms with Gasteiger partial charge in [-0.3, -0.25) is 4.98 Å². The van der Waals surface area contributed by atoms with E-state index in [4.69, 9.17) is 4.98 Å². The molecule has 0 N–H and O–H groups in total. The standard InChI is InChI=1S/C27H33N/c1-24(2)14-26(5,6)21-16-9-10-18-22-20(25(3,4)15-27(22,7)8)13-28-23(18)17(16)11-12-19(21)24/h9-13H,14-15H2,1-8H3. The highest BCUT2D eigenvalue weighted by molar-refractivity contribution is 6.08. The maximum Gasteiger partial charge on any atom is 0.0783 e. The molecule has 0 saturated carbocycles. The molecule has 0 saturated heterocycles. The van der Waals surface area contributed by atoms with E-state index in [9.17, 15) is 0 Å². The van der Waals surface area contributed by atoms with Gasteiger partial charge >= 0.3 is 0 Å². The Morgan fingerprint density at radius 1 is 0.571 bits per heavy atom. The fourth-order valence-electron chi connectivity index (χ4n) is 7.18. The molecule has 1 heteroatoms. The first-order chi connectivity index (χ1) is 12.9. The highest BCUT2D eigenvalue weighted by atomic mass is 14.7. The monoisotopic (exact) mass is 371 g/mol. The van der Waals surface area contributed by atoms with Crippen molar-refractivity contribution in [3.8, 4) is 0 Å². The van der Waals surface area contributed by atoms with E-state index in [1.54, 1.807) is 5.56 Å². The van der Waals surface area contributed by atoms with Crippen LogP contribution < -0.4 is 0 Å². The number of benzene rings is 2. The average Bonchev–Trinajstić information content (AvgIpc) is 2.88. The van der Waals surface area contributed by atoms with Gasteiger partial charge in [-0.05, 0) is 62.1 Å². The minimum absolute atomic E-state index is 0.186. The van der Waals surface area contributed by atoms with Crippen LogP contribution in [0.4, 0.5) is 0 Å². The van der Waals surface area contributed by atoms with Crippen LogP contribution in [0.2, 0.25) is 0 Å². The summed E-state index contributed by atoms with van der Waals surface area (Å²) >= 11 is 0. The van der Waals surface area contributed by atoms with E-state index in [0.717, 1.165) is 0 Å². The van der Waals surface area contributed by atoms with Crippen molar-refractivity contribution in [3.05, 3.63) is 52.7 Å². The van der Waals surface area contributed by atoms with Gasteiger partial charge in [-0.2, -0.15) is 0 Å². The Hall–Kier alpha value is -1.89. The highest BCUT2D eigenvalue weighted by Crippen LogP contribution is 2.54. The van der Waals surface area contributed by atoms with Gasteiger partial charge < -0.3 is 0 Å². The SMILES string of the molecule is CC1(C)CC(C)(C)c2c1ccc1c2ccc2c3c(cnc21)C(C)(C)CC3(C)C. The van der Waals surface area contributed by atoms with E-state index in [-0.39, 0.29) is 21.7 Å². The van der Waals surface area contributed by atoms with Crippen LogP contribution in [-0.2, 0) is 21.7 Å². The fourth-order valence-corrected chi connectivity index (χ4v) is 7.18. The second-order valence-electron chi connectivity index (χ2n) is 12.0. The normalized spacial score (nSPS) is 23.1. The first-order valence-electron chi connectivity index (χ1n) is 10.8. The average molecular weight is 372 g/mol. The van der Waals surface area contributed by atoms with Gasteiger partial charge in [0.05, 0.1) is 5.52 Å². The number of hydrogen-bond donors (Lipinski definition) is 0. The number of pyridine rings is 1. The van der Waals surface area contributed by atoms with E-state index in [2.05, 4.69) is 85.9 Å². The van der Waals surface area contributed by atoms with Crippen molar-refractivity contribution in [2.24, 2.45) is 0 Å². The molecule has 2 aliphatic rings. The lowest BCUT2D eigenvalue weighted by Gasteiger charge is -2.24. The van der Waals surface area contributed by atoms with Crippen molar-refractivity contribution in [1.82, 2.24) is 4.98 Å². The molecule has 0 atom stereocenters. The first kappa shape index (κ1) is 18.2. The Morgan fingerprint density at radius 2 is 1.07 bits per heavy atom. The molecule has 1 nitrogen and oxygen atoms in total. The van der Waals surface area contributed by atoms with Gasteiger partial charge in [0.1, 0.15) is 0 Å². The molecule has 28 heavy (non-hydrogen) atoms. The third kappa shape index (κ3) is 2.17. The first-order valence-corrected chi connectivity index (χ1v) is 10.8. The van der Waals surface area contributed by atoms with Gasteiger partial charge in [0, 0.05) is 17.0 Å². The molecule has 0 aliphatic heterocycles. The lowest BCUT2D eigenvalue weighted by Crippen LogP contribution is -2.18. The Labute approximate surface area is 169 Å². The Bertz CT molecular complexity index is 1070. The van der Waals surface area contributed by atoms with Crippen LogP contribution in [0, 0.1) is 0 Å². The molecule has 0 fully saturated rings. The van der Waals surface area contributed by atoms with Gasteiger partial charge in [-0.1, -0.05) is 79.7 Å². The molecule has 2 aromatic carbocycles. The number of aromatic nitrogens is 1. The molecule has 0 bridgehead atoms. The van der Waals surface area contributed by atoms with Crippen LogP contribution in [0.15, 0.2) is 30.5 Å². The zero-order chi connectivity index (χ0) is 20.3. The summed E-state index contributed by atoms with van der Waals surface area (Å²) in [5, 5.41) is 4.09. The summed E-state index contributed by atoms with van der Waals surface area (Å²) < 4.78 is 0. The molecule has 5 rings (SSSR count). The summed E-state index contributed by atoms with van der Waals surface area (Å²) in [6, 6.07) is 9.49. The molecule has 1 aromatic heterocycles. The second-order valence-corrected chi connectivity index (χ2v) is 12.0. The van der Waals surface area contributed by atoms with Gasteiger partial charge in [-0.25, -0.2) is 0 Å². The van der Waals surface area contributed by atoms with Crippen LogP contribution in [0.25, 0.3) is 21.7 Å². The molecule has 2 aliphatic carbocycles. The van der Waals surface area contributed by atoms with E-state index in [1.165, 1.54) is 51.2 Å². The van der Waals surface area contributed by atoms with Crippen LogP contribution in [-0.4, -0.2) is 4.98 Å².